The van der Waals surface area contributed by atoms with Crippen molar-refractivity contribution in [1.29, 1.82) is 0 Å². The van der Waals surface area contributed by atoms with Gasteiger partial charge in [-0.1, -0.05) is 48.0 Å². The molecule has 2 amide bonds. The van der Waals surface area contributed by atoms with Crippen LogP contribution in [-0.4, -0.2) is 35.6 Å². The fraction of sp³-hybridized carbons (Fsp3) is 0.286. The second-order valence-electron chi connectivity index (χ2n) is 6.69. The van der Waals surface area contributed by atoms with E-state index < -0.39 is 18.1 Å². The SMILES string of the molecule is Cc1ccc(NC(=O)C[C@H]2C(=O)OCN2C(=O)OCc2ccccc2)c(C)c1. The first-order chi connectivity index (χ1) is 13.4. The third-order valence-electron chi connectivity index (χ3n) is 4.47. The molecular formula is C21H22N2O5. The van der Waals surface area contributed by atoms with Gasteiger partial charge in [0.2, 0.25) is 5.91 Å². The highest BCUT2D eigenvalue weighted by Gasteiger charge is 2.40. The highest BCUT2D eigenvalue weighted by atomic mass is 16.6. The van der Waals surface area contributed by atoms with Crippen LogP contribution in [0.4, 0.5) is 10.5 Å². The first kappa shape index (κ1) is 19.4. The molecule has 1 saturated heterocycles. The van der Waals surface area contributed by atoms with Crippen LogP contribution in [0.5, 0.6) is 0 Å². The van der Waals surface area contributed by atoms with Gasteiger partial charge in [0, 0.05) is 5.69 Å². The molecule has 146 valence electrons. The Morgan fingerprint density at radius 3 is 2.64 bits per heavy atom. The molecule has 1 atom stereocenters. The van der Waals surface area contributed by atoms with Gasteiger partial charge in [0.05, 0.1) is 6.42 Å². The summed E-state index contributed by atoms with van der Waals surface area (Å²) in [7, 11) is 0. The van der Waals surface area contributed by atoms with Crippen LogP contribution in [0, 0.1) is 13.8 Å². The van der Waals surface area contributed by atoms with Crippen LogP contribution in [0.25, 0.3) is 0 Å². The Kier molecular flexibility index (Phi) is 5.93. The summed E-state index contributed by atoms with van der Waals surface area (Å²) >= 11 is 0. The maximum Gasteiger partial charge on any atom is 0.413 e. The first-order valence-electron chi connectivity index (χ1n) is 8.95. The molecule has 0 radical (unpaired) electrons. The number of amides is 2. The van der Waals surface area contributed by atoms with Gasteiger partial charge in [0.15, 0.2) is 6.73 Å². The van der Waals surface area contributed by atoms with E-state index in [0.29, 0.717) is 5.69 Å². The zero-order valence-electron chi connectivity index (χ0n) is 15.8. The standard InChI is InChI=1S/C21H22N2O5/c1-14-8-9-17(15(2)10-14)22-19(24)11-18-20(25)28-13-23(18)21(26)27-12-16-6-4-3-5-7-16/h3-10,18H,11-13H2,1-2H3,(H,22,24)/t18-/m0/s1. The highest BCUT2D eigenvalue weighted by Crippen LogP contribution is 2.20. The number of ether oxygens (including phenoxy) is 2. The molecule has 1 heterocycles. The summed E-state index contributed by atoms with van der Waals surface area (Å²) in [6.45, 7) is 3.70. The minimum absolute atomic E-state index is 0.0752. The van der Waals surface area contributed by atoms with E-state index in [1.54, 1.807) is 6.07 Å². The lowest BCUT2D eigenvalue weighted by Gasteiger charge is -2.19. The van der Waals surface area contributed by atoms with Crippen molar-refractivity contribution in [1.82, 2.24) is 4.90 Å². The van der Waals surface area contributed by atoms with Crippen LogP contribution in [-0.2, 0) is 25.7 Å². The number of rotatable bonds is 5. The van der Waals surface area contributed by atoms with Gasteiger partial charge in [-0.25, -0.2) is 9.59 Å². The predicted molar refractivity (Wildman–Crippen MR) is 102 cm³/mol. The summed E-state index contributed by atoms with van der Waals surface area (Å²) in [5, 5.41) is 2.78. The van der Waals surface area contributed by atoms with Crippen molar-refractivity contribution in [2.75, 3.05) is 12.0 Å². The molecule has 0 bridgehead atoms. The monoisotopic (exact) mass is 382 g/mol. The van der Waals surface area contributed by atoms with Crippen molar-refractivity contribution in [3.05, 3.63) is 65.2 Å². The molecule has 2 aromatic carbocycles. The van der Waals surface area contributed by atoms with E-state index in [4.69, 9.17) is 9.47 Å². The molecule has 7 heteroatoms. The van der Waals surface area contributed by atoms with Crippen LogP contribution in [0.2, 0.25) is 0 Å². The van der Waals surface area contributed by atoms with Gasteiger partial charge in [-0.3, -0.25) is 9.69 Å². The smallest absolute Gasteiger partial charge is 0.413 e. The number of anilines is 1. The molecular weight excluding hydrogens is 360 g/mol. The molecule has 0 unspecified atom stereocenters. The maximum atomic E-state index is 12.4. The van der Waals surface area contributed by atoms with Crippen molar-refractivity contribution >= 4 is 23.7 Å². The number of cyclic esters (lactones) is 1. The topological polar surface area (TPSA) is 84.9 Å². The van der Waals surface area contributed by atoms with Crippen LogP contribution >= 0.6 is 0 Å². The molecule has 28 heavy (non-hydrogen) atoms. The number of nitrogens with one attached hydrogen (secondary N) is 1. The van der Waals surface area contributed by atoms with Crippen LogP contribution in [0.1, 0.15) is 23.1 Å². The summed E-state index contributed by atoms with van der Waals surface area (Å²) in [5.41, 5.74) is 3.50. The van der Waals surface area contributed by atoms with Gasteiger partial charge in [-0.2, -0.15) is 0 Å². The zero-order chi connectivity index (χ0) is 20.1. The van der Waals surface area contributed by atoms with Crippen molar-refractivity contribution in [2.24, 2.45) is 0 Å². The fourth-order valence-corrected chi connectivity index (χ4v) is 2.95. The number of hydrogen-bond acceptors (Lipinski definition) is 5. The van der Waals surface area contributed by atoms with Crippen LogP contribution in [0.15, 0.2) is 48.5 Å². The Hall–Kier alpha value is -3.35. The van der Waals surface area contributed by atoms with E-state index in [2.05, 4.69) is 5.32 Å². The fourth-order valence-electron chi connectivity index (χ4n) is 2.95. The molecule has 1 fully saturated rings. The number of carbonyl (C=O) groups is 3. The van der Waals surface area contributed by atoms with Gasteiger partial charge in [-0.05, 0) is 31.0 Å². The Balaban J connectivity index is 1.60. The van der Waals surface area contributed by atoms with Crippen LogP contribution in [0.3, 0.4) is 0 Å². The minimum atomic E-state index is -1.01. The second kappa shape index (κ2) is 8.56. The molecule has 1 N–H and O–H groups in total. The lowest BCUT2D eigenvalue weighted by atomic mass is 10.1. The number of esters is 1. The normalized spacial score (nSPS) is 15.9. The van der Waals surface area contributed by atoms with Crippen LogP contribution < -0.4 is 5.32 Å². The van der Waals surface area contributed by atoms with E-state index in [9.17, 15) is 14.4 Å². The van der Waals surface area contributed by atoms with E-state index in [-0.39, 0.29) is 25.7 Å². The lowest BCUT2D eigenvalue weighted by molar-refractivity contribution is -0.140. The number of benzene rings is 2. The van der Waals surface area contributed by atoms with E-state index in [0.717, 1.165) is 21.6 Å². The zero-order valence-corrected chi connectivity index (χ0v) is 15.8. The van der Waals surface area contributed by atoms with Gasteiger partial charge in [0.1, 0.15) is 12.6 Å². The third kappa shape index (κ3) is 4.68. The molecule has 0 saturated carbocycles. The van der Waals surface area contributed by atoms with Gasteiger partial charge in [-0.15, -0.1) is 0 Å². The molecule has 0 spiro atoms. The number of nitrogens with zero attached hydrogens (tertiary/aromatic N) is 1. The Morgan fingerprint density at radius 2 is 1.93 bits per heavy atom. The summed E-state index contributed by atoms with van der Waals surface area (Å²) in [6, 6.07) is 13.8. The molecule has 3 rings (SSSR count). The number of carbonyl (C=O) groups excluding carboxylic acids is 3. The largest absolute Gasteiger partial charge is 0.444 e. The second-order valence-corrected chi connectivity index (χ2v) is 6.69. The summed E-state index contributed by atoms with van der Waals surface area (Å²) in [6.07, 6.45) is -0.897. The highest BCUT2D eigenvalue weighted by molar-refractivity contribution is 5.96. The predicted octanol–water partition coefficient (Wildman–Crippen LogP) is 3.15. The van der Waals surface area contributed by atoms with Crippen molar-refractivity contribution in [3.8, 4) is 0 Å². The molecule has 0 aliphatic carbocycles. The average molecular weight is 382 g/mol. The van der Waals surface area contributed by atoms with E-state index in [1.807, 2.05) is 56.3 Å². The van der Waals surface area contributed by atoms with Crippen molar-refractivity contribution in [3.63, 3.8) is 0 Å². The minimum Gasteiger partial charge on any atom is -0.444 e. The van der Waals surface area contributed by atoms with Gasteiger partial charge in [0.25, 0.3) is 0 Å². The molecule has 0 aromatic heterocycles. The van der Waals surface area contributed by atoms with Gasteiger partial charge < -0.3 is 14.8 Å². The van der Waals surface area contributed by atoms with E-state index in [1.165, 1.54) is 0 Å². The van der Waals surface area contributed by atoms with Crippen molar-refractivity contribution < 1.29 is 23.9 Å². The summed E-state index contributed by atoms with van der Waals surface area (Å²) in [5.74, 6) is -0.996. The molecule has 1 aliphatic rings. The van der Waals surface area contributed by atoms with E-state index >= 15 is 0 Å². The Bertz CT molecular complexity index is 882. The summed E-state index contributed by atoms with van der Waals surface area (Å²) < 4.78 is 10.2. The summed E-state index contributed by atoms with van der Waals surface area (Å²) in [4.78, 5) is 37.9. The lowest BCUT2D eigenvalue weighted by Crippen LogP contribution is -2.40. The first-order valence-corrected chi connectivity index (χ1v) is 8.95. The third-order valence-corrected chi connectivity index (χ3v) is 4.47. The maximum absolute atomic E-state index is 12.4. The van der Waals surface area contributed by atoms with Crippen molar-refractivity contribution in [2.45, 2.75) is 32.9 Å². The van der Waals surface area contributed by atoms with Gasteiger partial charge >= 0.3 is 12.1 Å². The quantitative estimate of drug-likeness (QED) is 0.803. The number of hydrogen-bond donors (Lipinski definition) is 1. The molecule has 2 aromatic rings. The molecule has 7 nitrogen and oxygen atoms in total. The Morgan fingerprint density at radius 1 is 1.18 bits per heavy atom. The molecule has 1 aliphatic heterocycles. The Labute approximate surface area is 163 Å². The number of aryl methyl sites for hydroxylation is 2. The average Bonchev–Trinajstić information content (AvgIpc) is 3.03.